The van der Waals surface area contributed by atoms with E-state index in [-0.39, 0.29) is 12.3 Å². The normalized spacial score (nSPS) is 11.2. The molecule has 0 radical (unpaired) electrons. The van der Waals surface area contributed by atoms with Gasteiger partial charge in [-0.15, -0.1) is 0 Å². The molecular formula is C12H14ClNO4. The number of oxime groups is 1. The SMILES string of the molecule is COCc1c(Cl)cccc1/C(=N\OC)C(=O)OC. The molecule has 0 amide bonds. The summed E-state index contributed by atoms with van der Waals surface area (Å²) in [5.74, 6) is -0.600. The Morgan fingerprint density at radius 3 is 2.61 bits per heavy atom. The summed E-state index contributed by atoms with van der Waals surface area (Å²) < 4.78 is 9.72. The molecule has 0 aliphatic rings. The Bertz CT molecular complexity index is 459. The van der Waals surface area contributed by atoms with Crippen LogP contribution in [0.25, 0.3) is 0 Å². The van der Waals surface area contributed by atoms with Gasteiger partial charge in [0, 0.05) is 23.3 Å². The van der Waals surface area contributed by atoms with Crippen molar-refractivity contribution in [3.8, 4) is 0 Å². The Morgan fingerprint density at radius 1 is 1.33 bits per heavy atom. The van der Waals surface area contributed by atoms with Gasteiger partial charge < -0.3 is 14.3 Å². The lowest BCUT2D eigenvalue weighted by atomic mass is 10.0. The molecular weight excluding hydrogens is 258 g/mol. The van der Waals surface area contributed by atoms with Crippen molar-refractivity contribution >= 4 is 23.3 Å². The van der Waals surface area contributed by atoms with Crippen LogP contribution in [0.3, 0.4) is 0 Å². The number of carbonyl (C=O) groups is 1. The molecule has 0 aliphatic carbocycles. The summed E-state index contributed by atoms with van der Waals surface area (Å²) in [6.45, 7) is 0.259. The first-order valence-electron chi connectivity index (χ1n) is 5.11. The van der Waals surface area contributed by atoms with E-state index in [1.54, 1.807) is 25.3 Å². The molecule has 0 heterocycles. The summed E-state index contributed by atoms with van der Waals surface area (Å²) in [5.41, 5.74) is 1.23. The predicted octanol–water partition coefficient (Wildman–Crippen LogP) is 2.01. The molecule has 0 aromatic heterocycles. The molecule has 0 fully saturated rings. The van der Waals surface area contributed by atoms with Crippen molar-refractivity contribution in [1.82, 2.24) is 0 Å². The van der Waals surface area contributed by atoms with Gasteiger partial charge in [0.1, 0.15) is 7.11 Å². The lowest BCUT2D eigenvalue weighted by molar-refractivity contribution is -0.132. The minimum Gasteiger partial charge on any atom is -0.464 e. The average molecular weight is 272 g/mol. The molecule has 1 aromatic carbocycles. The fourth-order valence-electron chi connectivity index (χ4n) is 1.46. The largest absolute Gasteiger partial charge is 0.464 e. The maximum absolute atomic E-state index is 11.7. The molecule has 0 saturated carbocycles. The first-order valence-corrected chi connectivity index (χ1v) is 5.49. The first kappa shape index (κ1) is 14.5. The van der Waals surface area contributed by atoms with Gasteiger partial charge in [-0.3, -0.25) is 0 Å². The third kappa shape index (κ3) is 3.21. The number of benzene rings is 1. The zero-order valence-electron chi connectivity index (χ0n) is 10.4. The standard InChI is InChI=1S/C12H14ClNO4/c1-16-7-9-8(5-4-6-10(9)13)11(14-18-3)12(15)17-2/h4-6H,7H2,1-3H3/b14-11+. The lowest BCUT2D eigenvalue weighted by Gasteiger charge is -2.11. The van der Waals surface area contributed by atoms with E-state index in [0.717, 1.165) is 0 Å². The van der Waals surface area contributed by atoms with Crippen LogP contribution in [0.15, 0.2) is 23.4 Å². The quantitative estimate of drug-likeness (QED) is 0.467. The summed E-state index contributed by atoms with van der Waals surface area (Å²) in [4.78, 5) is 16.3. The van der Waals surface area contributed by atoms with Crippen LogP contribution < -0.4 is 0 Å². The number of rotatable bonds is 5. The fraction of sp³-hybridized carbons (Fsp3) is 0.333. The zero-order chi connectivity index (χ0) is 13.5. The zero-order valence-corrected chi connectivity index (χ0v) is 11.2. The Kier molecular flexibility index (Phi) is 5.61. The summed E-state index contributed by atoms with van der Waals surface area (Å²) in [7, 11) is 4.16. The van der Waals surface area contributed by atoms with Gasteiger partial charge in [-0.05, 0) is 6.07 Å². The average Bonchev–Trinajstić information content (AvgIpc) is 2.38. The van der Waals surface area contributed by atoms with Crippen LogP contribution in [0.4, 0.5) is 0 Å². The highest BCUT2D eigenvalue weighted by molar-refractivity contribution is 6.44. The molecule has 1 rings (SSSR count). The highest BCUT2D eigenvalue weighted by Gasteiger charge is 2.20. The second-order valence-corrected chi connectivity index (χ2v) is 3.72. The number of hydrogen-bond donors (Lipinski definition) is 0. The van der Waals surface area contributed by atoms with Crippen molar-refractivity contribution in [2.45, 2.75) is 6.61 Å². The Morgan fingerprint density at radius 2 is 2.06 bits per heavy atom. The number of nitrogens with zero attached hydrogens (tertiary/aromatic N) is 1. The molecule has 0 saturated heterocycles. The van der Waals surface area contributed by atoms with E-state index in [0.29, 0.717) is 16.1 Å². The van der Waals surface area contributed by atoms with Crippen LogP contribution in [-0.2, 0) is 25.7 Å². The minimum atomic E-state index is -0.600. The Hall–Kier alpha value is -1.59. The molecule has 0 unspecified atom stereocenters. The van der Waals surface area contributed by atoms with Gasteiger partial charge >= 0.3 is 5.97 Å². The third-order valence-corrected chi connectivity index (χ3v) is 2.58. The van der Waals surface area contributed by atoms with Crippen LogP contribution in [-0.4, -0.2) is 33.0 Å². The maximum Gasteiger partial charge on any atom is 0.360 e. The van der Waals surface area contributed by atoms with Gasteiger partial charge in [-0.25, -0.2) is 4.79 Å². The van der Waals surface area contributed by atoms with Gasteiger partial charge in [0.25, 0.3) is 0 Å². The van der Waals surface area contributed by atoms with Gasteiger partial charge in [-0.1, -0.05) is 28.9 Å². The number of ether oxygens (including phenoxy) is 2. The molecule has 98 valence electrons. The summed E-state index contributed by atoms with van der Waals surface area (Å²) in [6, 6.07) is 5.13. The molecule has 0 bridgehead atoms. The summed E-state index contributed by atoms with van der Waals surface area (Å²) in [5, 5.41) is 4.17. The predicted molar refractivity (Wildman–Crippen MR) is 67.7 cm³/mol. The molecule has 18 heavy (non-hydrogen) atoms. The first-order chi connectivity index (χ1) is 8.65. The van der Waals surface area contributed by atoms with Crippen molar-refractivity contribution in [2.75, 3.05) is 21.3 Å². The number of esters is 1. The van der Waals surface area contributed by atoms with Crippen molar-refractivity contribution in [1.29, 1.82) is 0 Å². The molecule has 6 heteroatoms. The van der Waals surface area contributed by atoms with Crippen molar-refractivity contribution in [3.05, 3.63) is 34.3 Å². The van der Waals surface area contributed by atoms with Crippen molar-refractivity contribution in [3.63, 3.8) is 0 Å². The second-order valence-electron chi connectivity index (χ2n) is 3.31. The number of halogens is 1. The number of carbonyl (C=O) groups excluding carboxylic acids is 1. The summed E-state index contributed by atoms with van der Waals surface area (Å²) >= 11 is 6.07. The van der Waals surface area contributed by atoms with Gasteiger partial charge in [-0.2, -0.15) is 0 Å². The van der Waals surface area contributed by atoms with E-state index in [2.05, 4.69) is 14.7 Å². The van der Waals surface area contributed by atoms with E-state index in [4.69, 9.17) is 16.3 Å². The van der Waals surface area contributed by atoms with Crippen LogP contribution in [0.2, 0.25) is 5.02 Å². The highest BCUT2D eigenvalue weighted by Crippen LogP contribution is 2.22. The number of hydrogen-bond acceptors (Lipinski definition) is 5. The smallest absolute Gasteiger partial charge is 0.360 e. The van der Waals surface area contributed by atoms with Crippen molar-refractivity contribution in [2.24, 2.45) is 5.16 Å². The van der Waals surface area contributed by atoms with Crippen LogP contribution in [0.1, 0.15) is 11.1 Å². The maximum atomic E-state index is 11.7. The molecule has 0 atom stereocenters. The Labute approximate surface area is 110 Å². The molecule has 0 spiro atoms. The van der Waals surface area contributed by atoms with Gasteiger partial charge in [0.15, 0.2) is 5.71 Å². The van der Waals surface area contributed by atoms with Crippen LogP contribution in [0, 0.1) is 0 Å². The van der Waals surface area contributed by atoms with Gasteiger partial charge in [0.2, 0.25) is 0 Å². The van der Waals surface area contributed by atoms with E-state index in [1.807, 2.05) is 0 Å². The van der Waals surface area contributed by atoms with Crippen LogP contribution >= 0.6 is 11.6 Å². The highest BCUT2D eigenvalue weighted by atomic mass is 35.5. The minimum absolute atomic E-state index is 0.0505. The monoisotopic (exact) mass is 271 g/mol. The topological polar surface area (TPSA) is 57.1 Å². The van der Waals surface area contributed by atoms with E-state index >= 15 is 0 Å². The van der Waals surface area contributed by atoms with Crippen molar-refractivity contribution < 1.29 is 19.1 Å². The van der Waals surface area contributed by atoms with E-state index in [1.165, 1.54) is 14.2 Å². The molecule has 1 aromatic rings. The molecule has 0 N–H and O–H groups in total. The lowest BCUT2D eigenvalue weighted by Crippen LogP contribution is -2.19. The Balaban J connectivity index is 3.32. The second kappa shape index (κ2) is 6.98. The molecule has 5 nitrogen and oxygen atoms in total. The van der Waals surface area contributed by atoms with Crippen LogP contribution in [0.5, 0.6) is 0 Å². The summed E-state index contributed by atoms with van der Waals surface area (Å²) in [6.07, 6.45) is 0. The fourth-order valence-corrected chi connectivity index (χ4v) is 1.68. The third-order valence-electron chi connectivity index (χ3n) is 2.22. The van der Waals surface area contributed by atoms with Gasteiger partial charge in [0.05, 0.1) is 13.7 Å². The van der Waals surface area contributed by atoms with E-state index < -0.39 is 5.97 Å². The molecule has 0 aliphatic heterocycles. The number of methoxy groups -OCH3 is 2. The van der Waals surface area contributed by atoms with E-state index in [9.17, 15) is 4.79 Å².